The van der Waals surface area contributed by atoms with Gasteiger partial charge in [-0.15, -0.1) is 5.10 Å². The first-order valence-electron chi connectivity index (χ1n) is 4.85. The molecule has 2 heterocycles. The molecule has 3 aromatic rings. The first-order valence-corrected chi connectivity index (χ1v) is 5.62. The number of hydrogen-bond acceptors (Lipinski definition) is 5. The Morgan fingerprint density at radius 2 is 2.29 bits per heavy atom. The third kappa shape index (κ3) is 1.87. The maximum atomic E-state index is 11.9. The first kappa shape index (κ1) is 9.91. The molecule has 0 fully saturated rings. The van der Waals surface area contributed by atoms with E-state index in [1.54, 1.807) is 18.3 Å². The lowest BCUT2D eigenvalue weighted by molar-refractivity contribution is 0.102. The van der Waals surface area contributed by atoms with Crippen molar-refractivity contribution in [2.45, 2.75) is 0 Å². The Morgan fingerprint density at radius 1 is 1.35 bits per heavy atom. The van der Waals surface area contributed by atoms with Crippen LogP contribution in [0, 0.1) is 0 Å². The zero-order valence-corrected chi connectivity index (χ0v) is 9.36. The van der Waals surface area contributed by atoms with Crippen LogP contribution >= 0.6 is 11.5 Å². The monoisotopic (exact) mass is 245 g/mol. The number of hydrogen-bond donors (Lipinski definition) is 2. The quantitative estimate of drug-likeness (QED) is 0.719. The van der Waals surface area contributed by atoms with Gasteiger partial charge in [0.05, 0.1) is 17.9 Å². The number of nitrogens with one attached hydrogen (secondary N) is 2. The highest BCUT2D eigenvalue weighted by atomic mass is 32.1. The maximum Gasteiger partial charge on any atom is 0.256 e. The van der Waals surface area contributed by atoms with Crippen LogP contribution in [-0.4, -0.2) is 25.7 Å². The predicted molar refractivity (Wildman–Crippen MR) is 64.0 cm³/mol. The lowest BCUT2D eigenvalue weighted by Crippen LogP contribution is -2.10. The fraction of sp³-hybridized carbons (Fsp3) is 0. The first-order chi connectivity index (χ1) is 8.33. The molecule has 2 N–H and O–H groups in total. The van der Waals surface area contributed by atoms with Gasteiger partial charge in [0.25, 0.3) is 5.91 Å². The number of aromatic nitrogens is 4. The minimum absolute atomic E-state index is 0.187. The van der Waals surface area contributed by atoms with E-state index in [1.807, 2.05) is 6.07 Å². The number of H-pyrrole nitrogens is 1. The molecule has 0 atom stereocenters. The Balaban J connectivity index is 1.90. The number of rotatable bonds is 2. The zero-order valence-electron chi connectivity index (χ0n) is 8.54. The number of fused-ring (bicyclic) bond motifs is 1. The maximum absolute atomic E-state index is 11.9. The SMILES string of the molecule is O=C(Nc1cnns1)c1ccc2cn[nH]c2c1. The van der Waals surface area contributed by atoms with Crippen molar-refractivity contribution < 1.29 is 4.79 Å². The molecule has 3 rings (SSSR count). The van der Waals surface area contributed by atoms with E-state index in [4.69, 9.17) is 0 Å². The molecule has 0 unspecified atom stereocenters. The highest BCUT2D eigenvalue weighted by Crippen LogP contribution is 2.15. The normalized spacial score (nSPS) is 10.6. The van der Waals surface area contributed by atoms with Crippen molar-refractivity contribution in [3.8, 4) is 0 Å². The predicted octanol–water partition coefficient (Wildman–Crippen LogP) is 1.67. The van der Waals surface area contributed by atoms with Crippen LogP contribution < -0.4 is 5.32 Å². The summed E-state index contributed by atoms with van der Waals surface area (Å²) in [5, 5.41) is 14.7. The average Bonchev–Trinajstić information content (AvgIpc) is 2.97. The Hall–Kier alpha value is -2.28. The number of carbonyl (C=O) groups is 1. The molecule has 2 aromatic heterocycles. The van der Waals surface area contributed by atoms with Gasteiger partial charge in [-0.1, -0.05) is 10.6 Å². The standard InChI is InChI=1S/C10H7N5OS/c16-10(13-9-5-12-15-17-9)6-1-2-7-4-11-14-8(7)3-6/h1-5H,(H,11,14)(H,13,16). The largest absolute Gasteiger partial charge is 0.311 e. The molecule has 0 bridgehead atoms. The van der Waals surface area contributed by atoms with Crippen molar-refractivity contribution in [3.05, 3.63) is 36.2 Å². The summed E-state index contributed by atoms with van der Waals surface area (Å²) in [7, 11) is 0. The number of benzene rings is 1. The van der Waals surface area contributed by atoms with Crippen molar-refractivity contribution in [2.75, 3.05) is 5.32 Å². The van der Waals surface area contributed by atoms with E-state index in [1.165, 1.54) is 6.20 Å². The van der Waals surface area contributed by atoms with Crippen molar-refractivity contribution in [2.24, 2.45) is 0 Å². The van der Waals surface area contributed by atoms with E-state index in [0.29, 0.717) is 10.6 Å². The highest BCUT2D eigenvalue weighted by Gasteiger charge is 2.08. The summed E-state index contributed by atoms with van der Waals surface area (Å²) in [6.45, 7) is 0. The van der Waals surface area contributed by atoms with Gasteiger partial charge in [0, 0.05) is 22.5 Å². The molecular weight excluding hydrogens is 238 g/mol. The van der Waals surface area contributed by atoms with Gasteiger partial charge in [-0.2, -0.15) is 5.10 Å². The molecule has 84 valence electrons. The zero-order chi connectivity index (χ0) is 11.7. The number of nitrogens with zero attached hydrogens (tertiary/aromatic N) is 3. The Labute approximate surface area is 99.8 Å². The molecular formula is C10H7N5OS. The Morgan fingerprint density at radius 3 is 3.12 bits per heavy atom. The highest BCUT2D eigenvalue weighted by molar-refractivity contribution is 7.10. The van der Waals surface area contributed by atoms with E-state index >= 15 is 0 Å². The molecule has 1 amide bonds. The van der Waals surface area contributed by atoms with Crippen molar-refractivity contribution >= 4 is 33.3 Å². The van der Waals surface area contributed by atoms with Gasteiger partial charge < -0.3 is 5.32 Å². The second-order valence-corrected chi connectivity index (χ2v) is 4.19. The van der Waals surface area contributed by atoms with Gasteiger partial charge in [0.2, 0.25) is 0 Å². The van der Waals surface area contributed by atoms with Gasteiger partial charge in [-0.3, -0.25) is 9.89 Å². The number of amides is 1. The van der Waals surface area contributed by atoms with E-state index in [-0.39, 0.29) is 5.91 Å². The molecule has 0 saturated heterocycles. The number of aromatic amines is 1. The van der Waals surface area contributed by atoms with E-state index in [0.717, 1.165) is 22.4 Å². The number of anilines is 1. The molecule has 0 aliphatic heterocycles. The fourth-order valence-electron chi connectivity index (χ4n) is 1.48. The van der Waals surface area contributed by atoms with Crippen LogP contribution in [0.25, 0.3) is 10.9 Å². The Bertz CT molecular complexity index is 660. The molecule has 0 aliphatic rings. The third-order valence-electron chi connectivity index (χ3n) is 2.30. The minimum atomic E-state index is -0.187. The summed E-state index contributed by atoms with van der Waals surface area (Å²) in [5.74, 6) is -0.187. The van der Waals surface area contributed by atoms with Crippen LogP contribution in [0.5, 0.6) is 0 Å². The average molecular weight is 245 g/mol. The van der Waals surface area contributed by atoms with E-state index in [9.17, 15) is 4.79 Å². The van der Waals surface area contributed by atoms with Crippen LogP contribution in [0.1, 0.15) is 10.4 Å². The van der Waals surface area contributed by atoms with Crippen molar-refractivity contribution in [1.29, 1.82) is 0 Å². The third-order valence-corrected chi connectivity index (χ3v) is 2.88. The minimum Gasteiger partial charge on any atom is -0.311 e. The van der Waals surface area contributed by atoms with Crippen LogP contribution in [-0.2, 0) is 0 Å². The van der Waals surface area contributed by atoms with E-state index < -0.39 is 0 Å². The summed E-state index contributed by atoms with van der Waals surface area (Å²) in [5.41, 5.74) is 1.40. The van der Waals surface area contributed by atoms with Crippen molar-refractivity contribution in [1.82, 2.24) is 19.8 Å². The smallest absolute Gasteiger partial charge is 0.256 e. The molecule has 0 spiro atoms. The van der Waals surface area contributed by atoms with Crippen LogP contribution in [0.15, 0.2) is 30.6 Å². The molecule has 17 heavy (non-hydrogen) atoms. The lowest BCUT2D eigenvalue weighted by atomic mass is 10.1. The second-order valence-electron chi connectivity index (χ2n) is 3.41. The molecule has 6 nitrogen and oxygen atoms in total. The van der Waals surface area contributed by atoms with Gasteiger partial charge in [0.15, 0.2) is 0 Å². The van der Waals surface area contributed by atoms with Crippen molar-refractivity contribution in [3.63, 3.8) is 0 Å². The second kappa shape index (κ2) is 3.95. The summed E-state index contributed by atoms with van der Waals surface area (Å²) in [4.78, 5) is 11.9. The van der Waals surface area contributed by atoms with Crippen LogP contribution in [0.4, 0.5) is 5.00 Å². The topological polar surface area (TPSA) is 83.6 Å². The summed E-state index contributed by atoms with van der Waals surface area (Å²) >= 11 is 1.14. The van der Waals surface area contributed by atoms with Crippen LogP contribution in [0.3, 0.4) is 0 Å². The van der Waals surface area contributed by atoms with Crippen LogP contribution in [0.2, 0.25) is 0 Å². The summed E-state index contributed by atoms with van der Waals surface area (Å²) in [6.07, 6.45) is 3.22. The summed E-state index contributed by atoms with van der Waals surface area (Å²) in [6, 6.07) is 5.35. The van der Waals surface area contributed by atoms with Gasteiger partial charge in [-0.25, -0.2) is 0 Å². The molecule has 0 saturated carbocycles. The lowest BCUT2D eigenvalue weighted by Gasteiger charge is -2.01. The summed E-state index contributed by atoms with van der Waals surface area (Å²) < 4.78 is 3.67. The molecule has 7 heteroatoms. The van der Waals surface area contributed by atoms with E-state index in [2.05, 4.69) is 25.1 Å². The Kier molecular flexibility index (Phi) is 2.30. The van der Waals surface area contributed by atoms with Gasteiger partial charge in [0.1, 0.15) is 5.00 Å². The fourth-order valence-corrected chi connectivity index (χ4v) is 1.90. The molecule has 0 radical (unpaired) electrons. The molecule has 0 aliphatic carbocycles. The molecule has 1 aromatic carbocycles. The number of carbonyl (C=O) groups excluding carboxylic acids is 1. The van der Waals surface area contributed by atoms with Gasteiger partial charge in [-0.05, 0) is 12.1 Å². The van der Waals surface area contributed by atoms with Gasteiger partial charge >= 0.3 is 0 Å².